The number of nitrogens with one attached hydrogen (secondary N) is 1. The Morgan fingerprint density at radius 3 is 3.00 bits per heavy atom. The van der Waals surface area contributed by atoms with Gasteiger partial charge in [-0.25, -0.2) is 0 Å². The Morgan fingerprint density at radius 1 is 1.50 bits per heavy atom. The van der Waals surface area contributed by atoms with Crippen LogP contribution in [0.1, 0.15) is 38.4 Å². The summed E-state index contributed by atoms with van der Waals surface area (Å²) < 4.78 is 5.28. The number of rotatable bonds is 6. The number of hydrogen-bond acceptors (Lipinski definition) is 5. The summed E-state index contributed by atoms with van der Waals surface area (Å²) in [6.45, 7) is 7.25. The molecule has 0 saturated carbocycles. The normalized spacial score (nSPS) is 20.2. The molecule has 1 atom stereocenters. The number of nitrogens with zero attached hydrogens (tertiary/aromatic N) is 3. The molecule has 102 valence electrons. The largest absolute Gasteiger partial charge is 0.338 e. The van der Waals surface area contributed by atoms with Crippen molar-refractivity contribution < 1.29 is 4.52 Å². The molecule has 1 fully saturated rings. The topological polar surface area (TPSA) is 54.2 Å². The third-order valence-electron chi connectivity index (χ3n) is 3.20. The maximum absolute atomic E-state index is 5.28. The summed E-state index contributed by atoms with van der Waals surface area (Å²) in [5.74, 6) is 2.12. The van der Waals surface area contributed by atoms with Crippen molar-refractivity contribution in [3.05, 3.63) is 11.7 Å². The van der Waals surface area contributed by atoms with E-state index in [0.29, 0.717) is 12.0 Å². The molecule has 0 spiro atoms. The van der Waals surface area contributed by atoms with Crippen molar-refractivity contribution in [1.29, 1.82) is 0 Å². The van der Waals surface area contributed by atoms with Crippen molar-refractivity contribution in [2.24, 2.45) is 5.92 Å². The summed E-state index contributed by atoms with van der Waals surface area (Å²) >= 11 is 0. The van der Waals surface area contributed by atoms with Crippen LogP contribution in [0, 0.1) is 5.92 Å². The maximum Gasteiger partial charge on any atom is 0.240 e. The molecule has 1 aromatic heterocycles. The fraction of sp³-hybridized carbons (Fsp3) is 0.846. The van der Waals surface area contributed by atoms with Gasteiger partial charge < -0.3 is 9.84 Å². The summed E-state index contributed by atoms with van der Waals surface area (Å²) in [6.07, 6.45) is 3.45. The molecule has 0 aliphatic carbocycles. The van der Waals surface area contributed by atoms with Gasteiger partial charge in [-0.15, -0.1) is 0 Å². The van der Waals surface area contributed by atoms with E-state index in [1.165, 1.54) is 12.8 Å². The first-order chi connectivity index (χ1) is 8.63. The van der Waals surface area contributed by atoms with Crippen LogP contribution in [0.4, 0.5) is 0 Å². The van der Waals surface area contributed by atoms with Crippen LogP contribution < -0.4 is 5.32 Å². The van der Waals surface area contributed by atoms with Crippen LogP contribution >= 0.6 is 0 Å². The molecule has 0 amide bonds. The Morgan fingerprint density at radius 2 is 2.33 bits per heavy atom. The molecule has 1 N–H and O–H groups in total. The van der Waals surface area contributed by atoms with Crippen LogP contribution in [0.25, 0.3) is 0 Å². The summed E-state index contributed by atoms with van der Waals surface area (Å²) in [5.41, 5.74) is 0. The Hall–Kier alpha value is -0.940. The van der Waals surface area contributed by atoms with Gasteiger partial charge in [-0.05, 0) is 32.4 Å². The predicted octanol–water partition coefficient (Wildman–Crippen LogP) is 1.45. The van der Waals surface area contributed by atoms with E-state index in [0.717, 1.165) is 37.8 Å². The zero-order valence-corrected chi connectivity index (χ0v) is 11.6. The van der Waals surface area contributed by atoms with E-state index in [1.54, 1.807) is 0 Å². The molecule has 1 aromatic rings. The van der Waals surface area contributed by atoms with Crippen LogP contribution in [0.2, 0.25) is 0 Å². The van der Waals surface area contributed by atoms with Gasteiger partial charge in [-0.3, -0.25) is 4.90 Å². The van der Waals surface area contributed by atoms with Gasteiger partial charge >= 0.3 is 0 Å². The second-order valence-corrected chi connectivity index (χ2v) is 5.69. The van der Waals surface area contributed by atoms with Crippen molar-refractivity contribution in [1.82, 2.24) is 20.4 Å². The van der Waals surface area contributed by atoms with Gasteiger partial charge in [0.2, 0.25) is 5.89 Å². The minimum atomic E-state index is 0.566. The second kappa shape index (κ2) is 6.29. The lowest BCUT2D eigenvalue weighted by Gasteiger charge is -2.18. The van der Waals surface area contributed by atoms with Gasteiger partial charge in [-0.2, -0.15) is 4.98 Å². The van der Waals surface area contributed by atoms with E-state index in [9.17, 15) is 0 Å². The lowest BCUT2D eigenvalue weighted by molar-refractivity contribution is 0.248. The molecule has 5 nitrogen and oxygen atoms in total. The minimum Gasteiger partial charge on any atom is -0.338 e. The Balaban J connectivity index is 1.79. The van der Waals surface area contributed by atoms with Gasteiger partial charge in [0.1, 0.15) is 0 Å². The zero-order chi connectivity index (χ0) is 13.0. The van der Waals surface area contributed by atoms with Crippen molar-refractivity contribution in [2.75, 3.05) is 20.1 Å². The summed E-state index contributed by atoms with van der Waals surface area (Å²) in [6, 6.07) is 0.619. The highest BCUT2D eigenvalue weighted by atomic mass is 16.5. The summed E-state index contributed by atoms with van der Waals surface area (Å²) in [7, 11) is 2.10. The fourth-order valence-electron chi connectivity index (χ4n) is 2.39. The zero-order valence-electron chi connectivity index (χ0n) is 11.6. The summed E-state index contributed by atoms with van der Waals surface area (Å²) in [4.78, 5) is 6.67. The second-order valence-electron chi connectivity index (χ2n) is 5.69. The maximum atomic E-state index is 5.28. The minimum absolute atomic E-state index is 0.566. The molecule has 1 saturated heterocycles. The highest BCUT2D eigenvalue weighted by Crippen LogP contribution is 2.09. The standard InChI is InChI=1S/C13H24N4O/c1-10(2)7-12-15-13(18-16-12)9-17(3)8-11-5-4-6-14-11/h10-11,14H,4-9H2,1-3H3. The molecule has 18 heavy (non-hydrogen) atoms. The van der Waals surface area contributed by atoms with Crippen molar-refractivity contribution in [3.63, 3.8) is 0 Å². The van der Waals surface area contributed by atoms with Crippen LogP contribution in [-0.4, -0.2) is 41.2 Å². The van der Waals surface area contributed by atoms with Crippen molar-refractivity contribution >= 4 is 0 Å². The van der Waals surface area contributed by atoms with E-state index < -0.39 is 0 Å². The fourth-order valence-corrected chi connectivity index (χ4v) is 2.39. The molecule has 2 heterocycles. The monoisotopic (exact) mass is 252 g/mol. The van der Waals surface area contributed by atoms with Crippen LogP contribution in [0.3, 0.4) is 0 Å². The van der Waals surface area contributed by atoms with Gasteiger partial charge in [-0.1, -0.05) is 19.0 Å². The molecule has 0 aromatic carbocycles. The van der Waals surface area contributed by atoms with E-state index in [2.05, 4.69) is 41.3 Å². The average Bonchev–Trinajstić information content (AvgIpc) is 2.89. The molecular weight excluding hydrogens is 228 g/mol. The van der Waals surface area contributed by atoms with E-state index in [1.807, 2.05) is 0 Å². The molecule has 0 radical (unpaired) electrons. The number of aromatic nitrogens is 2. The van der Waals surface area contributed by atoms with Gasteiger partial charge in [0.15, 0.2) is 5.82 Å². The Labute approximate surface area is 109 Å². The lowest BCUT2D eigenvalue weighted by atomic mass is 10.1. The predicted molar refractivity (Wildman–Crippen MR) is 70.2 cm³/mol. The van der Waals surface area contributed by atoms with E-state index in [4.69, 9.17) is 4.52 Å². The quantitative estimate of drug-likeness (QED) is 0.830. The smallest absolute Gasteiger partial charge is 0.240 e. The first-order valence-electron chi connectivity index (χ1n) is 6.87. The van der Waals surface area contributed by atoms with Crippen LogP contribution in [0.15, 0.2) is 4.52 Å². The van der Waals surface area contributed by atoms with Crippen LogP contribution in [0.5, 0.6) is 0 Å². The van der Waals surface area contributed by atoms with E-state index >= 15 is 0 Å². The van der Waals surface area contributed by atoms with Gasteiger partial charge in [0.05, 0.1) is 6.54 Å². The highest BCUT2D eigenvalue weighted by molar-refractivity contribution is 4.88. The first-order valence-corrected chi connectivity index (χ1v) is 6.87. The molecule has 5 heteroatoms. The molecule has 1 aliphatic rings. The highest BCUT2D eigenvalue weighted by Gasteiger charge is 2.17. The average molecular weight is 252 g/mol. The van der Waals surface area contributed by atoms with Gasteiger partial charge in [0, 0.05) is 19.0 Å². The van der Waals surface area contributed by atoms with Crippen LogP contribution in [-0.2, 0) is 13.0 Å². The number of hydrogen-bond donors (Lipinski definition) is 1. The molecule has 2 rings (SSSR count). The molecule has 1 aliphatic heterocycles. The molecule has 0 bridgehead atoms. The number of likely N-dealkylation sites (N-methyl/N-ethyl adjacent to an activating group) is 1. The van der Waals surface area contributed by atoms with E-state index in [-0.39, 0.29) is 0 Å². The van der Waals surface area contributed by atoms with Crippen molar-refractivity contribution in [2.45, 2.75) is 45.7 Å². The third kappa shape index (κ3) is 4.07. The Bertz CT molecular complexity index is 358. The SMILES string of the molecule is CC(C)Cc1noc(CN(C)CC2CCCN2)n1. The first kappa shape index (κ1) is 13.5. The third-order valence-corrected chi connectivity index (χ3v) is 3.20. The summed E-state index contributed by atoms with van der Waals surface area (Å²) in [5, 5.41) is 7.51. The van der Waals surface area contributed by atoms with Crippen molar-refractivity contribution in [3.8, 4) is 0 Å². The Kier molecular flexibility index (Phi) is 4.72. The molecular formula is C13H24N4O. The molecule has 1 unspecified atom stereocenters. The lowest BCUT2D eigenvalue weighted by Crippen LogP contribution is -2.35. The van der Waals surface area contributed by atoms with Gasteiger partial charge in [0.25, 0.3) is 0 Å².